The van der Waals surface area contributed by atoms with Gasteiger partial charge in [-0.25, -0.2) is 0 Å². The van der Waals surface area contributed by atoms with Gasteiger partial charge in [-0.15, -0.1) is 0 Å². The highest BCUT2D eigenvalue weighted by Crippen LogP contribution is 2.24. The zero-order valence-electron chi connectivity index (χ0n) is 15.1. The smallest absolute Gasteiger partial charge is 0.274 e. The highest BCUT2D eigenvalue weighted by Gasteiger charge is 2.14. The van der Waals surface area contributed by atoms with Crippen LogP contribution in [0, 0.1) is 0 Å². The molecule has 3 aromatic rings. The van der Waals surface area contributed by atoms with Crippen LogP contribution in [0.2, 0.25) is 5.02 Å². The van der Waals surface area contributed by atoms with Gasteiger partial charge in [0.1, 0.15) is 11.4 Å². The van der Waals surface area contributed by atoms with Crippen molar-refractivity contribution in [3.8, 4) is 5.75 Å². The fraction of sp³-hybridized carbons (Fsp3) is 0.0952. The number of carbonyl (C=O) groups is 2. The molecule has 2 aromatic carbocycles. The van der Waals surface area contributed by atoms with E-state index >= 15 is 0 Å². The molecule has 28 heavy (non-hydrogen) atoms. The Morgan fingerprint density at radius 1 is 0.964 bits per heavy atom. The van der Waals surface area contributed by atoms with Crippen LogP contribution in [0.5, 0.6) is 5.75 Å². The van der Waals surface area contributed by atoms with Gasteiger partial charge in [-0.05, 0) is 43.3 Å². The predicted molar refractivity (Wildman–Crippen MR) is 109 cm³/mol. The zero-order chi connectivity index (χ0) is 19.9. The van der Waals surface area contributed by atoms with Crippen molar-refractivity contribution in [3.05, 3.63) is 83.1 Å². The quantitative estimate of drug-likeness (QED) is 0.637. The van der Waals surface area contributed by atoms with Crippen molar-refractivity contribution < 1.29 is 14.3 Å². The van der Waals surface area contributed by atoms with Gasteiger partial charge in [-0.1, -0.05) is 35.9 Å². The Morgan fingerprint density at radius 2 is 1.64 bits per heavy atom. The number of anilines is 2. The lowest BCUT2D eigenvalue weighted by molar-refractivity contribution is 0.102. The van der Waals surface area contributed by atoms with Gasteiger partial charge in [0.2, 0.25) is 0 Å². The average Bonchev–Trinajstić information content (AvgIpc) is 2.71. The first-order chi connectivity index (χ1) is 13.6. The van der Waals surface area contributed by atoms with Gasteiger partial charge in [-0.2, -0.15) is 0 Å². The van der Waals surface area contributed by atoms with Crippen LogP contribution in [0.4, 0.5) is 11.4 Å². The maximum Gasteiger partial charge on any atom is 0.274 e. The zero-order valence-corrected chi connectivity index (χ0v) is 15.9. The Morgan fingerprint density at radius 3 is 2.39 bits per heavy atom. The summed E-state index contributed by atoms with van der Waals surface area (Å²) in [7, 11) is 0. The molecule has 0 saturated heterocycles. The molecule has 0 saturated carbocycles. The van der Waals surface area contributed by atoms with Crippen molar-refractivity contribution >= 4 is 34.8 Å². The molecular weight excluding hydrogens is 378 g/mol. The summed E-state index contributed by atoms with van der Waals surface area (Å²) in [5.74, 6) is -0.261. The van der Waals surface area contributed by atoms with Crippen LogP contribution >= 0.6 is 11.6 Å². The second kappa shape index (κ2) is 9.01. The number of hydrogen-bond donors (Lipinski definition) is 2. The molecule has 0 aliphatic heterocycles. The number of para-hydroxylation sites is 3. The molecule has 3 rings (SSSR count). The van der Waals surface area contributed by atoms with E-state index in [0.717, 1.165) is 0 Å². The number of benzene rings is 2. The largest absolute Gasteiger partial charge is 0.492 e. The lowest BCUT2D eigenvalue weighted by Crippen LogP contribution is -2.17. The van der Waals surface area contributed by atoms with E-state index < -0.39 is 5.91 Å². The van der Waals surface area contributed by atoms with Crippen LogP contribution in [-0.4, -0.2) is 23.4 Å². The van der Waals surface area contributed by atoms with Gasteiger partial charge in [0.15, 0.2) is 0 Å². The summed E-state index contributed by atoms with van der Waals surface area (Å²) in [6.07, 6.45) is 1.41. The minimum absolute atomic E-state index is 0.102. The highest BCUT2D eigenvalue weighted by molar-refractivity contribution is 6.33. The molecule has 7 heteroatoms. The van der Waals surface area contributed by atoms with E-state index in [9.17, 15) is 9.59 Å². The van der Waals surface area contributed by atoms with Crippen molar-refractivity contribution in [3.63, 3.8) is 0 Å². The third kappa shape index (κ3) is 4.66. The standard InChI is InChI=1S/C21H18ClN3O3/c1-2-28-19-10-6-5-9-17(19)25-20(26)14-11-12-23-18(13-14)21(27)24-16-8-4-3-7-15(16)22/h3-13H,2H2,1H3,(H,24,27)(H,25,26). The van der Waals surface area contributed by atoms with E-state index in [4.69, 9.17) is 16.3 Å². The van der Waals surface area contributed by atoms with Gasteiger partial charge in [-0.3, -0.25) is 14.6 Å². The normalized spacial score (nSPS) is 10.2. The molecule has 0 fully saturated rings. The van der Waals surface area contributed by atoms with E-state index in [2.05, 4.69) is 15.6 Å². The Bertz CT molecular complexity index is 1010. The van der Waals surface area contributed by atoms with Crippen LogP contribution in [0.15, 0.2) is 66.9 Å². The second-order valence-electron chi connectivity index (χ2n) is 5.75. The Balaban J connectivity index is 1.76. The van der Waals surface area contributed by atoms with Gasteiger partial charge in [0.25, 0.3) is 11.8 Å². The lowest BCUT2D eigenvalue weighted by atomic mass is 10.2. The average molecular weight is 396 g/mol. The molecule has 1 heterocycles. The number of hydrogen-bond acceptors (Lipinski definition) is 4. The maximum atomic E-state index is 12.6. The van der Waals surface area contributed by atoms with Crippen molar-refractivity contribution in [2.45, 2.75) is 6.92 Å². The molecule has 0 aliphatic rings. The van der Waals surface area contributed by atoms with Gasteiger partial charge in [0, 0.05) is 11.8 Å². The monoisotopic (exact) mass is 395 g/mol. The summed E-state index contributed by atoms with van der Waals surface area (Å²) in [5.41, 5.74) is 1.42. The van der Waals surface area contributed by atoms with E-state index in [-0.39, 0.29) is 11.6 Å². The topological polar surface area (TPSA) is 80.3 Å². The summed E-state index contributed by atoms with van der Waals surface area (Å²) >= 11 is 6.06. The summed E-state index contributed by atoms with van der Waals surface area (Å²) in [5, 5.41) is 5.89. The van der Waals surface area contributed by atoms with E-state index in [1.54, 1.807) is 42.5 Å². The second-order valence-corrected chi connectivity index (χ2v) is 6.15. The molecule has 0 spiro atoms. The van der Waals surface area contributed by atoms with Gasteiger partial charge < -0.3 is 15.4 Å². The number of rotatable bonds is 6. The molecule has 0 bridgehead atoms. The molecular formula is C21H18ClN3O3. The molecule has 0 unspecified atom stereocenters. The Kier molecular flexibility index (Phi) is 6.24. The minimum Gasteiger partial charge on any atom is -0.492 e. The lowest BCUT2D eigenvalue weighted by Gasteiger charge is -2.11. The molecule has 142 valence electrons. The fourth-order valence-corrected chi connectivity index (χ4v) is 2.67. The number of halogens is 1. The molecule has 1 aromatic heterocycles. The number of nitrogens with zero attached hydrogens (tertiary/aromatic N) is 1. The number of amides is 2. The number of pyridine rings is 1. The van der Waals surface area contributed by atoms with Crippen LogP contribution in [0.25, 0.3) is 0 Å². The molecule has 0 radical (unpaired) electrons. The van der Waals surface area contributed by atoms with E-state index in [1.807, 2.05) is 13.0 Å². The number of nitrogens with one attached hydrogen (secondary N) is 2. The van der Waals surface area contributed by atoms with Gasteiger partial charge in [0.05, 0.1) is 23.0 Å². The van der Waals surface area contributed by atoms with Crippen LogP contribution in [-0.2, 0) is 0 Å². The molecule has 0 aliphatic carbocycles. The molecule has 0 atom stereocenters. The van der Waals surface area contributed by atoms with Gasteiger partial charge >= 0.3 is 0 Å². The maximum absolute atomic E-state index is 12.6. The van der Waals surface area contributed by atoms with Crippen molar-refractivity contribution in [1.82, 2.24) is 4.98 Å². The number of aromatic nitrogens is 1. The van der Waals surface area contributed by atoms with E-state index in [1.165, 1.54) is 18.3 Å². The Hall–Kier alpha value is -3.38. The predicted octanol–water partition coefficient (Wildman–Crippen LogP) is 4.64. The first-order valence-electron chi connectivity index (χ1n) is 8.63. The van der Waals surface area contributed by atoms with Crippen molar-refractivity contribution in [2.24, 2.45) is 0 Å². The minimum atomic E-state index is -0.461. The van der Waals surface area contributed by atoms with Crippen LogP contribution < -0.4 is 15.4 Å². The van der Waals surface area contributed by atoms with Crippen molar-refractivity contribution in [1.29, 1.82) is 0 Å². The first-order valence-corrected chi connectivity index (χ1v) is 9.01. The van der Waals surface area contributed by atoms with Crippen LogP contribution in [0.1, 0.15) is 27.8 Å². The summed E-state index contributed by atoms with van der Waals surface area (Å²) in [6.45, 7) is 2.35. The van der Waals surface area contributed by atoms with Crippen LogP contribution in [0.3, 0.4) is 0 Å². The van der Waals surface area contributed by atoms with Crippen molar-refractivity contribution in [2.75, 3.05) is 17.2 Å². The molecule has 2 amide bonds. The summed E-state index contributed by atoms with van der Waals surface area (Å²) in [4.78, 5) is 29.1. The first kappa shape index (κ1) is 19.4. The summed E-state index contributed by atoms with van der Waals surface area (Å²) in [6, 6.07) is 17.0. The third-order valence-electron chi connectivity index (χ3n) is 3.81. The highest BCUT2D eigenvalue weighted by atomic mass is 35.5. The SMILES string of the molecule is CCOc1ccccc1NC(=O)c1ccnc(C(=O)Nc2ccccc2Cl)c1. The number of carbonyl (C=O) groups excluding carboxylic acids is 2. The Labute approximate surface area is 167 Å². The molecule has 6 nitrogen and oxygen atoms in total. The number of ether oxygens (including phenoxy) is 1. The summed E-state index contributed by atoms with van der Waals surface area (Å²) < 4.78 is 5.51. The van der Waals surface area contributed by atoms with E-state index in [0.29, 0.717) is 34.3 Å². The molecule has 2 N–H and O–H groups in total. The fourth-order valence-electron chi connectivity index (χ4n) is 2.49. The third-order valence-corrected chi connectivity index (χ3v) is 4.14.